The van der Waals surface area contributed by atoms with Crippen LogP contribution in [0.15, 0.2) is 24.5 Å². The van der Waals surface area contributed by atoms with Crippen LogP contribution < -0.4 is 10.6 Å². The number of hydrogen-bond acceptors (Lipinski definition) is 6. The van der Waals surface area contributed by atoms with E-state index in [-0.39, 0.29) is 18.7 Å². The molecule has 28 heavy (non-hydrogen) atoms. The minimum atomic E-state index is -0.970. The van der Waals surface area contributed by atoms with Gasteiger partial charge in [0.1, 0.15) is 18.7 Å². The number of aliphatic hydroxyl groups excluding tert-OH is 1. The van der Waals surface area contributed by atoms with E-state index in [2.05, 4.69) is 25.6 Å². The van der Waals surface area contributed by atoms with Crippen LogP contribution in [-0.2, 0) is 6.67 Å². The van der Waals surface area contributed by atoms with Crippen molar-refractivity contribution >= 4 is 11.8 Å². The van der Waals surface area contributed by atoms with E-state index in [1.54, 1.807) is 31.5 Å². The second kappa shape index (κ2) is 9.73. The quantitative estimate of drug-likeness (QED) is 0.633. The summed E-state index contributed by atoms with van der Waals surface area (Å²) in [6, 6.07) is 3.47. The first-order valence-corrected chi connectivity index (χ1v) is 9.79. The van der Waals surface area contributed by atoms with Gasteiger partial charge in [0, 0.05) is 25.0 Å². The van der Waals surface area contributed by atoms with Crippen molar-refractivity contribution in [3.8, 4) is 11.3 Å². The van der Waals surface area contributed by atoms with Gasteiger partial charge in [0.25, 0.3) is 0 Å². The Labute approximate surface area is 163 Å². The van der Waals surface area contributed by atoms with Crippen molar-refractivity contribution in [2.24, 2.45) is 0 Å². The molecule has 0 aromatic carbocycles. The van der Waals surface area contributed by atoms with E-state index in [9.17, 15) is 13.9 Å². The summed E-state index contributed by atoms with van der Waals surface area (Å²) in [4.78, 5) is 13.1. The van der Waals surface area contributed by atoms with Crippen LogP contribution in [0.25, 0.3) is 11.3 Å². The second-order valence-corrected chi connectivity index (χ2v) is 7.18. The SMILES string of the molecule is CCC(F)CNc1ncc(-c2cc(CF)ccn2)c(NC2CCC(O)CC2)n1. The topological polar surface area (TPSA) is 83.0 Å². The zero-order valence-corrected chi connectivity index (χ0v) is 16.0. The number of nitrogens with one attached hydrogen (secondary N) is 2. The number of halogens is 2. The Balaban J connectivity index is 1.86. The Hall–Kier alpha value is -2.35. The van der Waals surface area contributed by atoms with Crippen molar-refractivity contribution in [1.29, 1.82) is 0 Å². The Morgan fingerprint density at radius 2 is 2.04 bits per heavy atom. The molecule has 1 fully saturated rings. The summed E-state index contributed by atoms with van der Waals surface area (Å²) in [6.07, 6.45) is 5.51. The van der Waals surface area contributed by atoms with Gasteiger partial charge in [-0.05, 0) is 49.8 Å². The van der Waals surface area contributed by atoms with Crippen molar-refractivity contribution in [2.45, 2.75) is 64.0 Å². The van der Waals surface area contributed by atoms with Gasteiger partial charge in [0.05, 0.1) is 17.4 Å². The lowest BCUT2D eigenvalue weighted by Gasteiger charge is -2.27. The number of pyridine rings is 1. The zero-order valence-electron chi connectivity index (χ0n) is 16.0. The largest absolute Gasteiger partial charge is 0.393 e. The molecule has 3 N–H and O–H groups in total. The number of alkyl halides is 2. The maximum atomic E-state index is 13.6. The molecule has 0 amide bonds. The molecule has 1 aliphatic rings. The first kappa shape index (κ1) is 20.4. The van der Waals surface area contributed by atoms with E-state index in [1.807, 2.05) is 0 Å². The van der Waals surface area contributed by atoms with Gasteiger partial charge < -0.3 is 15.7 Å². The summed E-state index contributed by atoms with van der Waals surface area (Å²) in [6.45, 7) is 1.35. The molecule has 0 aliphatic heterocycles. The first-order chi connectivity index (χ1) is 13.6. The number of anilines is 2. The van der Waals surface area contributed by atoms with Crippen LogP contribution in [-0.4, -0.2) is 44.9 Å². The molecular formula is C20H27F2N5O. The summed E-state index contributed by atoms with van der Waals surface area (Å²) in [5, 5.41) is 16.1. The summed E-state index contributed by atoms with van der Waals surface area (Å²) in [5.41, 5.74) is 1.78. The van der Waals surface area contributed by atoms with Crippen molar-refractivity contribution in [3.63, 3.8) is 0 Å². The third-order valence-electron chi connectivity index (χ3n) is 5.01. The Morgan fingerprint density at radius 1 is 1.25 bits per heavy atom. The standard InChI is InChI=1S/C20H27F2N5O/c1-2-14(22)11-24-20-25-12-17(18-9-13(10-21)7-8-23-18)19(27-20)26-15-3-5-16(28)6-4-15/h7-9,12,14-16,28H,2-6,10-11H2,1H3,(H2,24,25,26,27). The fraction of sp³-hybridized carbons (Fsp3) is 0.550. The molecule has 0 radical (unpaired) electrons. The highest BCUT2D eigenvalue weighted by Gasteiger charge is 2.21. The number of nitrogens with zero attached hydrogens (tertiary/aromatic N) is 3. The Bertz CT molecular complexity index is 768. The molecular weight excluding hydrogens is 364 g/mol. The van der Waals surface area contributed by atoms with E-state index in [4.69, 9.17) is 0 Å². The summed E-state index contributed by atoms with van der Waals surface area (Å²) in [5.74, 6) is 0.911. The van der Waals surface area contributed by atoms with Crippen LogP contribution in [0, 0.1) is 0 Å². The molecule has 6 nitrogen and oxygen atoms in total. The monoisotopic (exact) mass is 391 g/mol. The molecule has 2 heterocycles. The van der Waals surface area contributed by atoms with Crippen LogP contribution in [0.1, 0.15) is 44.6 Å². The van der Waals surface area contributed by atoms with Crippen molar-refractivity contribution in [3.05, 3.63) is 30.1 Å². The van der Waals surface area contributed by atoms with Crippen LogP contribution in [0.4, 0.5) is 20.5 Å². The third kappa shape index (κ3) is 5.34. The normalized spacial score (nSPS) is 20.6. The maximum Gasteiger partial charge on any atom is 0.224 e. The molecule has 0 spiro atoms. The van der Waals surface area contributed by atoms with Gasteiger partial charge in [-0.15, -0.1) is 0 Å². The molecule has 0 saturated heterocycles. The fourth-order valence-electron chi connectivity index (χ4n) is 3.23. The molecule has 1 saturated carbocycles. The summed E-state index contributed by atoms with van der Waals surface area (Å²) < 4.78 is 26.6. The van der Waals surface area contributed by atoms with Gasteiger partial charge in [0.15, 0.2) is 0 Å². The smallest absolute Gasteiger partial charge is 0.224 e. The molecule has 2 aromatic rings. The highest BCUT2D eigenvalue weighted by atomic mass is 19.1. The molecule has 0 bridgehead atoms. The van der Waals surface area contributed by atoms with E-state index in [1.165, 1.54) is 0 Å². The van der Waals surface area contributed by atoms with Gasteiger partial charge >= 0.3 is 0 Å². The average molecular weight is 391 g/mol. The molecule has 3 rings (SSSR count). The van der Waals surface area contributed by atoms with Crippen molar-refractivity contribution < 1.29 is 13.9 Å². The molecule has 2 aromatic heterocycles. The van der Waals surface area contributed by atoms with Gasteiger partial charge in [0.2, 0.25) is 5.95 Å². The maximum absolute atomic E-state index is 13.6. The lowest BCUT2D eigenvalue weighted by molar-refractivity contribution is 0.126. The van der Waals surface area contributed by atoms with Crippen LogP contribution in [0.2, 0.25) is 0 Å². The van der Waals surface area contributed by atoms with Gasteiger partial charge in [-0.2, -0.15) is 4.98 Å². The Morgan fingerprint density at radius 3 is 2.75 bits per heavy atom. The number of hydrogen-bond donors (Lipinski definition) is 3. The van der Waals surface area contributed by atoms with Gasteiger partial charge in [-0.3, -0.25) is 4.98 Å². The van der Waals surface area contributed by atoms with E-state index in [0.717, 1.165) is 25.7 Å². The van der Waals surface area contributed by atoms with Crippen LogP contribution in [0.5, 0.6) is 0 Å². The van der Waals surface area contributed by atoms with Crippen LogP contribution >= 0.6 is 0 Å². The Kier molecular flexibility index (Phi) is 7.08. The predicted octanol–water partition coefficient (Wildman–Crippen LogP) is 3.88. The van der Waals surface area contributed by atoms with E-state index in [0.29, 0.717) is 35.0 Å². The highest BCUT2D eigenvalue weighted by Crippen LogP contribution is 2.29. The molecule has 1 aliphatic carbocycles. The molecule has 8 heteroatoms. The second-order valence-electron chi connectivity index (χ2n) is 7.18. The molecule has 1 atom stereocenters. The number of rotatable bonds is 8. The zero-order chi connectivity index (χ0) is 19.9. The highest BCUT2D eigenvalue weighted by molar-refractivity contribution is 5.73. The van der Waals surface area contributed by atoms with E-state index < -0.39 is 12.8 Å². The lowest BCUT2D eigenvalue weighted by Crippen LogP contribution is -2.29. The average Bonchev–Trinajstić information content (AvgIpc) is 2.73. The molecule has 152 valence electrons. The minimum Gasteiger partial charge on any atom is -0.393 e. The van der Waals surface area contributed by atoms with Crippen molar-refractivity contribution in [1.82, 2.24) is 15.0 Å². The lowest BCUT2D eigenvalue weighted by atomic mass is 9.93. The number of aromatic nitrogens is 3. The summed E-state index contributed by atoms with van der Waals surface area (Å²) >= 11 is 0. The minimum absolute atomic E-state index is 0.139. The predicted molar refractivity (Wildman–Crippen MR) is 106 cm³/mol. The fourth-order valence-corrected chi connectivity index (χ4v) is 3.23. The van der Waals surface area contributed by atoms with Gasteiger partial charge in [-0.25, -0.2) is 13.8 Å². The summed E-state index contributed by atoms with van der Waals surface area (Å²) in [7, 11) is 0. The number of aliphatic hydroxyl groups is 1. The van der Waals surface area contributed by atoms with Gasteiger partial charge in [-0.1, -0.05) is 6.92 Å². The van der Waals surface area contributed by atoms with E-state index >= 15 is 0 Å². The first-order valence-electron chi connectivity index (χ1n) is 9.79. The van der Waals surface area contributed by atoms with Crippen molar-refractivity contribution in [2.75, 3.05) is 17.2 Å². The third-order valence-corrected chi connectivity index (χ3v) is 5.01. The molecule has 1 unspecified atom stereocenters. The van der Waals surface area contributed by atoms with Crippen LogP contribution in [0.3, 0.4) is 0 Å².